The third-order valence-corrected chi connectivity index (χ3v) is 11.3. The highest BCUT2D eigenvalue weighted by Gasteiger charge is 2.84. The summed E-state index contributed by atoms with van der Waals surface area (Å²) < 4.78 is 13.0. The van der Waals surface area contributed by atoms with E-state index in [0.29, 0.717) is 24.8 Å². The lowest BCUT2D eigenvalue weighted by Crippen LogP contribution is -2.63. The zero-order chi connectivity index (χ0) is 24.3. The lowest BCUT2D eigenvalue weighted by molar-refractivity contribution is -0.248. The Kier molecular flexibility index (Phi) is 4.48. The van der Waals surface area contributed by atoms with Crippen LogP contribution in [0.25, 0.3) is 0 Å². The standard InChI is InChI=1S/C28H36O6/c1-16-14-22(33-23(31)18(16)15-29)26(4)28(32)13-12-27(34-26)20-9-8-17-6-5-7-21(30)25(17,3)19(20)10-11-24(27,28)2/h5-6,8,19-20,22,29,32H,7,9-15H2,1-4H3/t19-,20+,22+,24-,25-,26+,27+,28-/m0/s1. The molecule has 0 aromatic heterocycles. The molecule has 0 aromatic rings. The van der Waals surface area contributed by atoms with Crippen LogP contribution in [-0.2, 0) is 19.1 Å². The van der Waals surface area contributed by atoms with Crippen molar-refractivity contribution in [1.82, 2.24) is 0 Å². The number of esters is 1. The SMILES string of the molecule is CC1=C(CO)C(=O)O[C@@H]([C@@]2(C)O[C@@]34CC[C@]2(O)[C@@]3(C)CC[C@H]2[C@H]4CC=C3C=CCC(=O)[C@@]32C)C1. The molecule has 0 unspecified atom stereocenters. The number of carbonyl (C=O) groups is 2. The topological polar surface area (TPSA) is 93.1 Å². The predicted molar refractivity (Wildman–Crippen MR) is 125 cm³/mol. The summed E-state index contributed by atoms with van der Waals surface area (Å²) in [6.07, 6.45) is 10.4. The van der Waals surface area contributed by atoms with Gasteiger partial charge in [0.1, 0.15) is 23.1 Å². The van der Waals surface area contributed by atoms with Gasteiger partial charge in [-0.2, -0.15) is 0 Å². The zero-order valence-corrected chi connectivity index (χ0v) is 20.6. The van der Waals surface area contributed by atoms with Crippen molar-refractivity contribution in [2.24, 2.45) is 22.7 Å². The second-order valence-corrected chi connectivity index (χ2v) is 12.2. The molecule has 3 fully saturated rings. The maximum absolute atomic E-state index is 13.3. The molecule has 4 aliphatic carbocycles. The quantitative estimate of drug-likeness (QED) is 0.602. The molecule has 2 bridgehead atoms. The Balaban J connectivity index is 1.44. The Labute approximate surface area is 201 Å². The zero-order valence-electron chi connectivity index (χ0n) is 20.6. The van der Waals surface area contributed by atoms with Gasteiger partial charge >= 0.3 is 5.97 Å². The van der Waals surface area contributed by atoms with Crippen molar-refractivity contribution in [3.63, 3.8) is 0 Å². The van der Waals surface area contributed by atoms with Gasteiger partial charge in [-0.25, -0.2) is 4.79 Å². The summed E-state index contributed by atoms with van der Waals surface area (Å²) in [5.74, 6) is 0.0475. The van der Waals surface area contributed by atoms with E-state index in [1.807, 2.05) is 19.9 Å². The average molecular weight is 469 g/mol. The van der Waals surface area contributed by atoms with Crippen molar-refractivity contribution in [2.75, 3.05) is 6.61 Å². The maximum Gasteiger partial charge on any atom is 0.336 e. The van der Waals surface area contributed by atoms with Gasteiger partial charge in [0.05, 0.1) is 23.2 Å². The highest BCUT2D eigenvalue weighted by atomic mass is 16.6. The molecule has 1 saturated heterocycles. The second-order valence-electron chi connectivity index (χ2n) is 12.2. The minimum absolute atomic E-state index is 0.121. The molecule has 0 aromatic carbocycles. The van der Waals surface area contributed by atoms with Crippen molar-refractivity contribution < 1.29 is 29.3 Å². The van der Waals surface area contributed by atoms with Crippen LogP contribution < -0.4 is 0 Å². The first kappa shape index (κ1) is 22.7. The lowest BCUT2D eigenvalue weighted by atomic mass is 9.46. The maximum atomic E-state index is 13.3. The fraction of sp³-hybridized carbons (Fsp3) is 0.714. The molecule has 6 nitrogen and oxygen atoms in total. The lowest BCUT2D eigenvalue weighted by Gasteiger charge is -2.59. The van der Waals surface area contributed by atoms with E-state index in [-0.39, 0.29) is 24.2 Å². The van der Waals surface area contributed by atoms with Gasteiger partial charge in [0.15, 0.2) is 0 Å². The summed E-state index contributed by atoms with van der Waals surface area (Å²) in [4.78, 5) is 26.0. The highest BCUT2D eigenvalue weighted by molar-refractivity contribution is 5.92. The van der Waals surface area contributed by atoms with Crippen LogP contribution in [0.1, 0.15) is 72.6 Å². The summed E-state index contributed by atoms with van der Waals surface area (Å²) in [5, 5.41) is 22.0. The first-order valence-electron chi connectivity index (χ1n) is 12.8. The second kappa shape index (κ2) is 6.71. The number of hydrogen-bond donors (Lipinski definition) is 2. The molecule has 8 atom stereocenters. The molecule has 0 radical (unpaired) electrons. The molecule has 2 heterocycles. The van der Waals surface area contributed by atoms with Crippen LogP contribution in [-0.4, -0.2) is 51.5 Å². The largest absolute Gasteiger partial charge is 0.455 e. The number of allylic oxidation sites excluding steroid dienone is 4. The van der Waals surface area contributed by atoms with Crippen LogP contribution in [0, 0.1) is 22.7 Å². The third-order valence-electron chi connectivity index (χ3n) is 11.3. The smallest absolute Gasteiger partial charge is 0.336 e. The third kappa shape index (κ3) is 2.25. The predicted octanol–water partition coefficient (Wildman–Crippen LogP) is 3.56. The van der Waals surface area contributed by atoms with Crippen LogP contribution in [0.3, 0.4) is 0 Å². The van der Waals surface area contributed by atoms with Crippen molar-refractivity contribution in [2.45, 2.75) is 95.5 Å². The fourth-order valence-corrected chi connectivity index (χ4v) is 9.25. The number of rotatable bonds is 2. The van der Waals surface area contributed by atoms with Crippen molar-refractivity contribution in [3.05, 3.63) is 34.9 Å². The number of aliphatic hydroxyl groups is 2. The van der Waals surface area contributed by atoms with Gasteiger partial charge in [0.25, 0.3) is 0 Å². The van der Waals surface area contributed by atoms with Crippen molar-refractivity contribution in [1.29, 1.82) is 0 Å². The Bertz CT molecular complexity index is 1090. The van der Waals surface area contributed by atoms with Crippen LogP contribution >= 0.6 is 0 Å². The molecule has 34 heavy (non-hydrogen) atoms. The molecule has 2 N–H and O–H groups in total. The van der Waals surface area contributed by atoms with E-state index in [1.165, 1.54) is 0 Å². The number of fused-ring (bicyclic) bond motifs is 3. The minimum atomic E-state index is -1.14. The molecule has 2 saturated carbocycles. The molecular formula is C28H36O6. The van der Waals surface area contributed by atoms with Gasteiger partial charge in [0.2, 0.25) is 0 Å². The van der Waals surface area contributed by atoms with E-state index < -0.39 is 39.7 Å². The van der Waals surface area contributed by atoms with Gasteiger partial charge in [-0.15, -0.1) is 0 Å². The van der Waals surface area contributed by atoms with Crippen molar-refractivity contribution in [3.8, 4) is 0 Å². The van der Waals surface area contributed by atoms with Gasteiger partial charge in [0, 0.05) is 18.3 Å². The molecule has 2 aliphatic heterocycles. The summed E-state index contributed by atoms with van der Waals surface area (Å²) in [6, 6.07) is 0. The first-order valence-corrected chi connectivity index (χ1v) is 12.8. The highest BCUT2D eigenvalue weighted by Crippen LogP contribution is 2.77. The number of ether oxygens (including phenoxy) is 2. The van der Waals surface area contributed by atoms with E-state index in [9.17, 15) is 19.8 Å². The minimum Gasteiger partial charge on any atom is -0.455 e. The monoisotopic (exact) mass is 468 g/mol. The molecule has 0 spiro atoms. The molecule has 184 valence electrons. The summed E-state index contributed by atoms with van der Waals surface area (Å²) >= 11 is 0. The molecule has 0 amide bonds. The summed E-state index contributed by atoms with van der Waals surface area (Å²) in [7, 11) is 0. The van der Waals surface area contributed by atoms with Crippen LogP contribution in [0.15, 0.2) is 34.9 Å². The van der Waals surface area contributed by atoms with Crippen molar-refractivity contribution >= 4 is 11.8 Å². The number of cyclic esters (lactones) is 1. The van der Waals surface area contributed by atoms with Crippen LogP contribution in [0.2, 0.25) is 0 Å². The van der Waals surface area contributed by atoms with Gasteiger partial charge < -0.3 is 19.7 Å². The number of Topliss-reactive ketones (excluding diaryl/α,β-unsaturated/α-hetero) is 1. The van der Waals surface area contributed by atoms with E-state index in [1.54, 1.807) is 0 Å². The number of ketones is 1. The Morgan fingerprint density at radius 1 is 1.12 bits per heavy atom. The van der Waals surface area contributed by atoms with E-state index in [2.05, 4.69) is 26.0 Å². The Morgan fingerprint density at radius 3 is 2.59 bits per heavy atom. The van der Waals surface area contributed by atoms with Gasteiger partial charge in [-0.3, -0.25) is 4.79 Å². The average Bonchev–Trinajstić information content (AvgIpc) is 3.11. The first-order chi connectivity index (χ1) is 16.0. The van der Waals surface area contributed by atoms with Crippen LogP contribution in [0.4, 0.5) is 0 Å². The number of carbonyl (C=O) groups excluding carboxylic acids is 2. The van der Waals surface area contributed by atoms with Gasteiger partial charge in [-0.05, 0) is 70.3 Å². The number of hydrogen-bond acceptors (Lipinski definition) is 6. The summed E-state index contributed by atoms with van der Waals surface area (Å²) in [5.41, 5.74) is -1.55. The van der Waals surface area contributed by atoms with E-state index in [0.717, 1.165) is 36.8 Å². The fourth-order valence-electron chi connectivity index (χ4n) is 9.25. The Morgan fingerprint density at radius 2 is 1.88 bits per heavy atom. The van der Waals surface area contributed by atoms with E-state index >= 15 is 0 Å². The molecule has 6 aliphatic rings. The van der Waals surface area contributed by atoms with E-state index in [4.69, 9.17) is 9.47 Å². The molecule has 6 heteroatoms. The molecule has 6 rings (SSSR count). The normalized spacial score (nSPS) is 51.6. The number of aliphatic hydroxyl groups excluding tert-OH is 1. The Hall–Kier alpha value is -1.76. The van der Waals surface area contributed by atoms with Gasteiger partial charge in [-0.1, -0.05) is 30.7 Å². The summed E-state index contributed by atoms with van der Waals surface area (Å²) in [6.45, 7) is 7.70. The van der Waals surface area contributed by atoms with Crippen LogP contribution in [0.5, 0.6) is 0 Å². The molecular weight excluding hydrogens is 432 g/mol.